The molecule has 0 aliphatic carbocycles. The summed E-state index contributed by atoms with van der Waals surface area (Å²) in [7, 11) is 3.17. The number of ether oxygens (including phenoxy) is 2. The molecule has 0 aliphatic heterocycles. The van der Waals surface area contributed by atoms with Crippen LogP contribution >= 0.6 is 0 Å². The van der Waals surface area contributed by atoms with Crippen molar-refractivity contribution < 1.29 is 19.4 Å². The molecule has 0 aliphatic rings. The quantitative estimate of drug-likeness (QED) is 0.639. The molecule has 4 N–H and O–H groups in total. The van der Waals surface area contributed by atoms with Crippen LogP contribution in [0.2, 0.25) is 0 Å². The second-order valence-corrected chi connectivity index (χ2v) is 4.18. The van der Waals surface area contributed by atoms with Crippen LogP contribution in [-0.2, 0) is 11.3 Å². The molecule has 0 heterocycles. The molecule has 1 aromatic rings. The fourth-order valence-corrected chi connectivity index (χ4v) is 1.69. The molecule has 19 heavy (non-hydrogen) atoms. The van der Waals surface area contributed by atoms with Crippen LogP contribution in [0, 0.1) is 0 Å². The number of nitrogens with one attached hydrogen (secondary N) is 1. The molecule has 6 heteroatoms. The molecule has 106 valence electrons. The summed E-state index contributed by atoms with van der Waals surface area (Å²) in [5.41, 5.74) is 6.67. The number of carbonyl (C=O) groups is 1. The lowest BCUT2D eigenvalue weighted by atomic mass is 10.2. The van der Waals surface area contributed by atoms with Gasteiger partial charge in [-0.05, 0) is 17.7 Å². The van der Waals surface area contributed by atoms with E-state index in [-0.39, 0.29) is 6.42 Å². The Kier molecular flexibility index (Phi) is 6.11. The van der Waals surface area contributed by atoms with Gasteiger partial charge < -0.3 is 25.6 Å². The Morgan fingerprint density at radius 3 is 2.63 bits per heavy atom. The van der Waals surface area contributed by atoms with Crippen LogP contribution in [0.15, 0.2) is 18.2 Å². The summed E-state index contributed by atoms with van der Waals surface area (Å²) >= 11 is 0. The molecule has 6 nitrogen and oxygen atoms in total. The standard InChI is InChI=1S/C13H20N2O4/c1-18-11-4-3-9(5-12(11)19-2)7-15-8-10(14)6-13(16)17/h3-5,10,15H,6-8,14H2,1-2H3,(H,16,17). The van der Waals surface area contributed by atoms with E-state index in [9.17, 15) is 4.79 Å². The highest BCUT2D eigenvalue weighted by molar-refractivity contribution is 5.67. The molecule has 0 radical (unpaired) electrons. The zero-order valence-electron chi connectivity index (χ0n) is 11.2. The maximum atomic E-state index is 10.5. The van der Waals surface area contributed by atoms with E-state index in [0.717, 1.165) is 5.56 Å². The van der Waals surface area contributed by atoms with Crippen molar-refractivity contribution in [2.45, 2.75) is 19.0 Å². The minimum atomic E-state index is -0.889. The Morgan fingerprint density at radius 2 is 2.05 bits per heavy atom. The second kappa shape index (κ2) is 7.60. The number of hydrogen-bond donors (Lipinski definition) is 3. The largest absolute Gasteiger partial charge is 0.493 e. The summed E-state index contributed by atoms with van der Waals surface area (Å²) in [5, 5.41) is 11.7. The number of aliphatic carboxylic acids is 1. The third-order valence-electron chi connectivity index (χ3n) is 2.62. The topological polar surface area (TPSA) is 93.8 Å². The molecule has 0 saturated carbocycles. The molecule has 0 amide bonds. The average molecular weight is 268 g/mol. The van der Waals surface area contributed by atoms with Crippen LogP contribution in [-0.4, -0.2) is 37.9 Å². The number of carboxylic acid groups (broad SMARTS) is 1. The van der Waals surface area contributed by atoms with Crippen molar-refractivity contribution in [1.82, 2.24) is 5.32 Å². The van der Waals surface area contributed by atoms with Gasteiger partial charge in [-0.3, -0.25) is 4.79 Å². The molecule has 1 atom stereocenters. The normalized spacial score (nSPS) is 11.9. The van der Waals surface area contributed by atoms with Crippen molar-refractivity contribution in [3.8, 4) is 11.5 Å². The Balaban J connectivity index is 2.47. The first-order chi connectivity index (χ1) is 9.06. The van der Waals surface area contributed by atoms with E-state index in [1.54, 1.807) is 14.2 Å². The average Bonchev–Trinajstić information content (AvgIpc) is 2.37. The van der Waals surface area contributed by atoms with E-state index in [1.165, 1.54) is 0 Å². The summed E-state index contributed by atoms with van der Waals surface area (Å²) in [6.45, 7) is 1.04. The minimum absolute atomic E-state index is 0.0427. The number of carboxylic acids is 1. The van der Waals surface area contributed by atoms with Gasteiger partial charge in [-0.2, -0.15) is 0 Å². The number of nitrogens with two attached hydrogens (primary N) is 1. The number of benzene rings is 1. The predicted molar refractivity (Wildman–Crippen MR) is 71.5 cm³/mol. The predicted octanol–water partition coefficient (Wildman–Crippen LogP) is 0.595. The first kappa shape index (κ1) is 15.3. The lowest BCUT2D eigenvalue weighted by Crippen LogP contribution is -2.35. The fourth-order valence-electron chi connectivity index (χ4n) is 1.69. The Labute approximate surface area is 112 Å². The van der Waals surface area contributed by atoms with Gasteiger partial charge in [-0.1, -0.05) is 6.07 Å². The van der Waals surface area contributed by atoms with Crippen LogP contribution < -0.4 is 20.5 Å². The van der Waals surface area contributed by atoms with Gasteiger partial charge >= 0.3 is 5.97 Å². The highest BCUT2D eigenvalue weighted by atomic mass is 16.5. The smallest absolute Gasteiger partial charge is 0.304 e. The van der Waals surface area contributed by atoms with Crippen molar-refractivity contribution in [2.75, 3.05) is 20.8 Å². The molecule has 0 bridgehead atoms. The monoisotopic (exact) mass is 268 g/mol. The molecule has 0 spiro atoms. The lowest BCUT2D eigenvalue weighted by Gasteiger charge is -2.12. The van der Waals surface area contributed by atoms with E-state index in [1.807, 2.05) is 18.2 Å². The van der Waals surface area contributed by atoms with Gasteiger partial charge in [0.05, 0.1) is 20.6 Å². The SMILES string of the molecule is COc1ccc(CNCC(N)CC(=O)O)cc1OC. The molecular weight excluding hydrogens is 248 g/mol. The van der Waals surface area contributed by atoms with Crippen LogP contribution in [0.25, 0.3) is 0 Å². The summed E-state index contributed by atoms with van der Waals surface area (Å²) in [6, 6.07) is 5.22. The number of methoxy groups -OCH3 is 2. The maximum absolute atomic E-state index is 10.5. The van der Waals surface area contributed by atoms with Crippen molar-refractivity contribution in [1.29, 1.82) is 0 Å². The maximum Gasteiger partial charge on any atom is 0.304 e. The van der Waals surface area contributed by atoms with Crippen LogP contribution in [0.1, 0.15) is 12.0 Å². The van der Waals surface area contributed by atoms with Crippen molar-refractivity contribution in [2.24, 2.45) is 5.73 Å². The molecule has 0 aromatic heterocycles. The van der Waals surface area contributed by atoms with E-state index in [0.29, 0.717) is 24.6 Å². The Bertz CT molecular complexity index is 423. The van der Waals surface area contributed by atoms with Gasteiger partial charge in [0.2, 0.25) is 0 Å². The molecular formula is C13H20N2O4. The van der Waals surface area contributed by atoms with Gasteiger partial charge in [-0.15, -0.1) is 0 Å². The van der Waals surface area contributed by atoms with Crippen LogP contribution in [0.4, 0.5) is 0 Å². The van der Waals surface area contributed by atoms with E-state index >= 15 is 0 Å². The first-order valence-corrected chi connectivity index (χ1v) is 5.95. The molecule has 0 saturated heterocycles. The molecule has 1 aromatic carbocycles. The highest BCUT2D eigenvalue weighted by Crippen LogP contribution is 2.27. The van der Waals surface area contributed by atoms with Crippen molar-refractivity contribution in [3.05, 3.63) is 23.8 Å². The van der Waals surface area contributed by atoms with E-state index < -0.39 is 12.0 Å². The van der Waals surface area contributed by atoms with Gasteiger partial charge in [-0.25, -0.2) is 0 Å². The van der Waals surface area contributed by atoms with Gasteiger partial charge in [0.25, 0.3) is 0 Å². The van der Waals surface area contributed by atoms with E-state index in [2.05, 4.69) is 5.32 Å². The third kappa shape index (κ3) is 5.15. The Morgan fingerprint density at radius 1 is 1.37 bits per heavy atom. The minimum Gasteiger partial charge on any atom is -0.493 e. The van der Waals surface area contributed by atoms with Crippen molar-refractivity contribution >= 4 is 5.97 Å². The fraction of sp³-hybridized carbons (Fsp3) is 0.462. The molecule has 1 rings (SSSR count). The third-order valence-corrected chi connectivity index (χ3v) is 2.62. The summed E-state index contributed by atoms with van der Waals surface area (Å²) in [4.78, 5) is 10.5. The van der Waals surface area contributed by atoms with E-state index in [4.69, 9.17) is 20.3 Å². The number of rotatable bonds is 8. The number of hydrogen-bond acceptors (Lipinski definition) is 5. The van der Waals surface area contributed by atoms with Crippen molar-refractivity contribution in [3.63, 3.8) is 0 Å². The van der Waals surface area contributed by atoms with Crippen LogP contribution in [0.5, 0.6) is 11.5 Å². The lowest BCUT2D eigenvalue weighted by molar-refractivity contribution is -0.137. The zero-order chi connectivity index (χ0) is 14.3. The first-order valence-electron chi connectivity index (χ1n) is 5.95. The van der Waals surface area contributed by atoms with Gasteiger partial charge in [0.15, 0.2) is 11.5 Å². The Hall–Kier alpha value is -1.79. The molecule has 0 fully saturated rings. The summed E-state index contributed by atoms with van der Waals surface area (Å²) in [6.07, 6.45) is -0.0427. The molecule has 1 unspecified atom stereocenters. The summed E-state index contributed by atoms with van der Waals surface area (Å²) < 4.78 is 10.3. The second-order valence-electron chi connectivity index (χ2n) is 4.18. The van der Waals surface area contributed by atoms with Crippen LogP contribution in [0.3, 0.4) is 0 Å². The highest BCUT2D eigenvalue weighted by Gasteiger charge is 2.08. The zero-order valence-corrected chi connectivity index (χ0v) is 11.2. The van der Waals surface area contributed by atoms with Gasteiger partial charge in [0, 0.05) is 19.1 Å². The summed E-state index contributed by atoms with van der Waals surface area (Å²) in [5.74, 6) is 0.450. The van der Waals surface area contributed by atoms with Gasteiger partial charge in [0.1, 0.15) is 0 Å².